The molecule has 0 N–H and O–H groups in total. The number of rotatable bonds is 6. The van der Waals surface area contributed by atoms with E-state index in [2.05, 4.69) is 6.92 Å². The first-order valence-electron chi connectivity index (χ1n) is 8.36. The van der Waals surface area contributed by atoms with Gasteiger partial charge in [-0.2, -0.15) is 0 Å². The third-order valence-electron chi connectivity index (χ3n) is 4.06. The molecular formula is C21H20O4. The van der Waals surface area contributed by atoms with E-state index < -0.39 is 0 Å². The van der Waals surface area contributed by atoms with Gasteiger partial charge in [-0.05, 0) is 31.0 Å². The lowest BCUT2D eigenvalue weighted by molar-refractivity contribution is 0.0921. The van der Waals surface area contributed by atoms with Crippen molar-refractivity contribution < 1.29 is 13.9 Å². The summed E-state index contributed by atoms with van der Waals surface area (Å²) in [5, 5.41) is 0.902. The molecule has 0 atom stereocenters. The second-order valence-electron chi connectivity index (χ2n) is 6.08. The predicted molar refractivity (Wildman–Crippen MR) is 97.5 cm³/mol. The summed E-state index contributed by atoms with van der Waals surface area (Å²) in [6, 6.07) is 14.2. The van der Waals surface area contributed by atoms with Crippen LogP contribution in [0.5, 0.6) is 5.75 Å². The van der Waals surface area contributed by atoms with Crippen molar-refractivity contribution in [2.75, 3.05) is 6.61 Å². The Kier molecular flexibility index (Phi) is 4.98. The van der Waals surface area contributed by atoms with Crippen LogP contribution in [-0.4, -0.2) is 12.4 Å². The van der Waals surface area contributed by atoms with E-state index in [0.29, 0.717) is 16.9 Å². The molecule has 25 heavy (non-hydrogen) atoms. The molecule has 3 rings (SSSR count). The molecule has 0 spiro atoms. The molecule has 0 aliphatic heterocycles. The molecule has 0 fully saturated rings. The van der Waals surface area contributed by atoms with Crippen LogP contribution in [0.2, 0.25) is 0 Å². The topological polar surface area (TPSA) is 56.5 Å². The van der Waals surface area contributed by atoms with Gasteiger partial charge in [-0.3, -0.25) is 4.79 Å². The van der Waals surface area contributed by atoms with Crippen molar-refractivity contribution in [3.8, 4) is 5.75 Å². The molecule has 0 aliphatic carbocycles. The van der Waals surface area contributed by atoms with Crippen LogP contribution in [0.15, 0.2) is 57.7 Å². The molecule has 2 aromatic carbocycles. The van der Waals surface area contributed by atoms with Crippen LogP contribution in [0.3, 0.4) is 0 Å². The first kappa shape index (κ1) is 17.0. The minimum atomic E-state index is -0.371. The van der Waals surface area contributed by atoms with Gasteiger partial charge in [0.1, 0.15) is 11.3 Å². The summed E-state index contributed by atoms with van der Waals surface area (Å²) in [4.78, 5) is 23.9. The van der Waals surface area contributed by atoms with Crippen molar-refractivity contribution in [3.63, 3.8) is 0 Å². The third kappa shape index (κ3) is 3.97. The molecular weight excluding hydrogens is 316 g/mol. The smallest absolute Gasteiger partial charge is 0.336 e. The molecule has 0 radical (unpaired) electrons. The minimum Gasteiger partial charge on any atom is -0.485 e. The number of hydrogen-bond donors (Lipinski definition) is 0. The van der Waals surface area contributed by atoms with Gasteiger partial charge in [0.05, 0.1) is 0 Å². The van der Waals surface area contributed by atoms with E-state index in [1.807, 2.05) is 25.1 Å². The summed E-state index contributed by atoms with van der Waals surface area (Å²) < 4.78 is 10.9. The molecule has 3 aromatic rings. The maximum absolute atomic E-state index is 12.2. The van der Waals surface area contributed by atoms with E-state index in [1.165, 1.54) is 6.07 Å². The highest BCUT2D eigenvalue weighted by Crippen LogP contribution is 2.23. The molecule has 128 valence electrons. The number of ketones is 1. The fourth-order valence-electron chi connectivity index (χ4n) is 2.75. The van der Waals surface area contributed by atoms with E-state index in [0.717, 1.165) is 29.4 Å². The number of fused-ring (bicyclic) bond motifs is 1. The van der Waals surface area contributed by atoms with Crippen molar-refractivity contribution in [3.05, 3.63) is 75.6 Å². The van der Waals surface area contributed by atoms with E-state index in [1.54, 1.807) is 24.3 Å². The van der Waals surface area contributed by atoms with Crippen molar-refractivity contribution in [1.82, 2.24) is 0 Å². The van der Waals surface area contributed by atoms with Gasteiger partial charge >= 0.3 is 5.63 Å². The van der Waals surface area contributed by atoms with E-state index in [9.17, 15) is 9.59 Å². The van der Waals surface area contributed by atoms with Crippen LogP contribution >= 0.6 is 0 Å². The Morgan fingerprint density at radius 1 is 1.08 bits per heavy atom. The summed E-state index contributed by atoms with van der Waals surface area (Å²) in [5.41, 5.74) is 2.80. The summed E-state index contributed by atoms with van der Waals surface area (Å²) in [6.45, 7) is 3.97. The van der Waals surface area contributed by atoms with Crippen LogP contribution in [0.1, 0.15) is 34.8 Å². The molecule has 1 aromatic heterocycles. The minimum absolute atomic E-state index is 0.0621. The highest BCUT2D eigenvalue weighted by molar-refractivity contribution is 5.97. The summed E-state index contributed by atoms with van der Waals surface area (Å²) in [5.74, 6) is 0.408. The van der Waals surface area contributed by atoms with Crippen molar-refractivity contribution in [1.29, 1.82) is 0 Å². The predicted octanol–water partition coefficient (Wildman–Crippen LogP) is 4.32. The second kappa shape index (κ2) is 7.34. The van der Waals surface area contributed by atoms with Crippen LogP contribution in [-0.2, 0) is 6.42 Å². The van der Waals surface area contributed by atoms with Crippen molar-refractivity contribution >= 4 is 16.8 Å². The summed E-state index contributed by atoms with van der Waals surface area (Å²) >= 11 is 0. The first-order chi connectivity index (χ1) is 12.1. The normalized spacial score (nSPS) is 10.8. The number of Topliss-reactive ketones (excluding diaryl/α,β-unsaturated/α-hetero) is 1. The first-order valence-corrected chi connectivity index (χ1v) is 8.36. The Morgan fingerprint density at radius 3 is 2.56 bits per heavy atom. The van der Waals surface area contributed by atoms with Gasteiger partial charge in [-0.15, -0.1) is 0 Å². The van der Waals surface area contributed by atoms with Crippen molar-refractivity contribution in [2.24, 2.45) is 0 Å². The lowest BCUT2D eigenvalue weighted by Gasteiger charge is -2.08. The highest BCUT2D eigenvalue weighted by Gasteiger charge is 2.09. The second-order valence-corrected chi connectivity index (χ2v) is 6.08. The standard InChI is InChI=1S/C21H20O4/c1-3-4-16-11-21(23)25-20-12-17(9-10-18(16)20)24-13-19(22)15-7-5-14(2)6-8-15/h5-12H,3-4,13H2,1-2H3. The zero-order valence-corrected chi connectivity index (χ0v) is 14.4. The van der Waals surface area contributed by atoms with Crippen LogP contribution < -0.4 is 10.4 Å². The molecule has 4 heteroatoms. The Hall–Kier alpha value is -2.88. The van der Waals surface area contributed by atoms with E-state index in [4.69, 9.17) is 9.15 Å². The molecule has 0 saturated heterocycles. The number of hydrogen-bond acceptors (Lipinski definition) is 4. The lowest BCUT2D eigenvalue weighted by atomic mass is 10.1. The van der Waals surface area contributed by atoms with E-state index in [-0.39, 0.29) is 18.0 Å². The number of benzene rings is 2. The molecule has 0 aliphatic rings. The zero-order chi connectivity index (χ0) is 17.8. The van der Waals surface area contributed by atoms with Gasteiger partial charge in [0, 0.05) is 23.1 Å². The third-order valence-corrected chi connectivity index (χ3v) is 4.06. The van der Waals surface area contributed by atoms with Crippen molar-refractivity contribution in [2.45, 2.75) is 26.7 Å². The maximum Gasteiger partial charge on any atom is 0.336 e. The fraction of sp³-hybridized carbons (Fsp3) is 0.238. The Bertz CT molecular complexity index is 952. The highest BCUT2D eigenvalue weighted by atomic mass is 16.5. The molecule has 0 unspecified atom stereocenters. The molecule has 4 nitrogen and oxygen atoms in total. The van der Waals surface area contributed by atoms with Crippen LogP contribution in [0.4, 0.5) is 0 Å². The van der Waals surface area contributed by atoms with E-state index >= 15 is 0 Å². The van der Waals surface area contributed by atoms with Gasteiger partial charge < -0.3 is 9.15 Å². The fourth-order valence-corrected chi connectivity index (χ4v) is 2.75. The van der Waals surface area contributed by atoms with Crippen LogP contribution in [0, 0.1) is 6.92 Å². The number of ether oxygens (including phenoxy) is 1. The van der Waals surface area contributed by atoms with Gasteiger partial charge in [0.15, 0.2) is 12.4 Å². The quantitative estimate of drug-likeness (QED) is 0.497. The monoisotopic (exact) mass is 336 g/mol. The maximum atomic E-state index is 12.2. The van der Waals surface area contributed by atoms with Gasteiger partial charge in [0.25, 0.3) is 0 Å². The number of aryl methyl sites for hydroxylation is 2. The van der Waals surface area contributed by atoms with Gasteiger partial charge in [-0.1, -0.05) is 43.2 Å². The summed E-state index contributed by atoms with van der Waals surface area (Å²) in [7, 11) is 0. The average molecular weight is 336 g/mol. The molecule has 0 saturated carbocycles. The number of carbonyl (C=O) groups is 1. The summed E-state index contributed by atoms with van der Waals surface area (Å²) in [6.07, 6.45) is 1.76. The Balaban J connectivity index is 1.79. The largest absolute Gasteiger partial charge is 0.485 e. The Morgan fingerprint density at radius 2 is 1.84 bits per heavy atom. The molecule has 1 heterocycles. The van der Waals surface area contributed by atoms with Crippen LogP contribution in [0.25, 0.3) is 11.0 Å². The number of carbonyl (C=O) groups excluding carboxylic acids is 1. The zero-order valence-electron chi connectivity index (χ0n) is 14.4. The van der Waals surface area contributed by atoms with Gasteiger partial charge in [-0.25, -0.2) is 4.79 Å². The average Bonchev–Trinajstić information content (AvgIpc) is 2.60. The molecule has 0 amide bonds. The Labute approximate surface area is 146 Å². The lowest BCUT2D eigenvalue weighted by Crippen LogP contribution is -2.11. The SMILES string of the molecule is CCCc1cc(=O)oc2cc(OCC(=O)c3ccc(C)cc3)ccc12. The van der Waals surface area contributed by atoms with Gasteiger partial charge in [0.2, 0.25) is 0 Å². The molecule has 0 bridgehead atoms.